The van der Waals surface area contributed by atoms with Crippen molar-refractivity contribution in [1.82, 2.24) is 15.0 Å². The third-order valence-electron chi connectivity index (χ3n) is 3.48. The highest BCUT2D eigenvalue weighted by Crippen LogP contribution is 2.39. The lowest BCUT2D eigenvalue weighted by Gasteiger charge is -2.13. The van der Waals surface area contributed by atoms with Crippen molar-refractivity contribution in [1.29, 1.82) is 5.26 Å². The molecule has 0 spiro atoms. The first-order valence-electron chi connectivity index (χ1n) is 7.80. The van der Waals surface area contributed by atoms with E-state index in [1.54, 1.807) is 42.5 Å². The van der Waals surface area contributed by atoms with E-state index in [0.29, 0.717) is 28.5 Å². The van der Waals surface area contributed by atoms with Gasteiger partial charge in [-0.2, -0.15) is 20.2 Å². The Hall–Kier alpha value is -4.06. The van der Waals surface area contributed by atoms with Gasteiger partial charge in [-0.05, 0) is 36.4 Å². The molecular weight excluding hydrogens is 348 g/mol. The summed E-state index contributed by atoms with van der Waals surface area (Å²) in [5, 5.41) is 11.8. The second-order valence-electron chi connectivity index (χ2n) is 5.21. The first-order valence-corrected chi connectivity index (χ1v) is 7.80. The molecule has 0 saturated heterocycles. The largest absolute Gasteiger partial charge is 0.493 e. The molecule has 0 aliphatic carbocycles. The fraction of sp³-hybridized carbons (Fsp3) is 0.111. The van der Waals surface area contributed by atoms with E-state index in [4.69, 9.17) is 25.2 Å². The SMILES string of the molecule is COc1cccc(OC)c1Oc1nc(N)nc(Nc2ccc(C#N)cc2)n1. The smallest absolute Gasteiger partial charge is 0.328 e. The fourth-order valence-electron chi connectivity index (χ4n) is 2.24. The molecule has 27 heavy (non-hydrogen) atoms. The van der Waals surface area contributed by atoms with Crippen LogP contribution in [0.3, 0.4) is 0 Å². The van der Waals surface area contributed by atoms with Crippen LogP contribution in [0.1, 0.15) is 5.56 Å². The summed E-state index contributed by atoms with van der Waals surface area (Å²) < 4.78 is 16.3. The average molecular weight is 364 g/mol. The molecule has 0 saturated carbocycles. The summed E-state index contributed by atoms with van der Waals surface area (Å²) in [7, 11) is 3.03. The maximum absolute atomic E-state index is 8.86. The van der Waals surface area contributed by atoms with Gasteiger partial charge >= 0.3 is 6.01 Å². The zero-order valence-corrected chi connectivity index (χ0v) is 14.6. The van der Waals surface area contributed by atoms with Crippen molar-refractivity contribution in [2.24, 2.45) is 0 Å². The number of hydrogen-bond donors (Lipinski definition) is 2. The summed E-state index contributed by atoms with van der Waals surface area (Å²) in [4.78, 5) is 12.2. The number of methoxy groups -OCH3 is 2. The van der Waals surface area contributed by atoms with Crippen LogP contribution in [-0.2, 0) is 0 Å². The molecule has 0 unspecified atom stereocenters. The third kappa shape index (κ3) is 4.13. The topological polar surface area (TPSA) is 128 Å². The van der Waals surface area contributed by atoms with Crippen LogP contribution in [-0.4, -0.2) is 29.2 Å². The number of ether oxygens (including phenoxy) is 3. The maximum Gasteiger partial charge on any atom is 0.328 e. The molecular formula is C18H16N6O3. The Morgan fingerprint density at radius 1 is 0.963 bits per heavy atom. The minimum atomic E-state index is -0.0264. The van der Waals surface area contributed by atoms with Gasteiger partial charge in [0.15, 0.2) is 11.5 Å². The van der Waals surface area contributed by atoms with Crippen molar-refractivity contribution < 1.29 is 14.2 Å². The zero-order chi connectivity index (χ0) is 19.2. The second-order valence-corrected chi connectivity index (χ2v) is 5.21. The van der Waals surface area contributed by atoms with E-state index >= 15 is 0 Å². The Morgan fingerprint density at radius 2 is 1.63 bits per heavy atom. The average Bonchev–Trinajstić information content (AvgIpc) is 2.68. The lowest BCUT2D eigenvalue weighted by molar-refractivity contribution is 0.336. The molecule has 9 nitrogen and oxygen atoms in total. The Morgan fingerprint density at radius 3 is 2.22 bits per heavy atom. The van der Waals surface area contributed by atoms with Crippen molar-refractivity contribution >= 4 is 17.6 Å². The molecule has 0 bridgehead atoms. The number of nitrogens with two attached hydrogens (primary N) is 1. The maximum atomic E-state index is 8.86. The van der Waals surface area contributed by atoms with Gasteiger partial charge in [-0.15, -0.1) is 0 Å². The number of nitrogen functional groups attached to an aromatic ring is 1. The van der Waals surface area contributed by atoms with Crippen LogP contribution in [0.25, 0.3) is 0 Å². The fourth-order valence-corrected chi connectivity index (χ4v) is 2.24. The van der Waals surface area contributed by atoms with Crippen molar-refractivity contribution in [3.8, 4) is 29.3 Å². The first-order chi connectivity index (χ1) is 13.1. The van der Waals surface area contributed by atoms with E-state index in [-0.39, 0.29) is 17.9 Å². The lowest BCUT2D eigenvalue weighted by Crippen LogP contribution is -2.05. The molecule has 3 aromatic rings. The van der Waals surface area contributed by atoms with Crippen LogP contribution >= 0.6 is 0 Å². The highest BCUT2D eigenvalue weighted by Gasteiger charge is 2.15. The molecule has 1 heterocycles. The van der Waals surface area contributed by atoms with Crippen molar-refractivity contribution in [2.75, 3.05) is 25.3 Å². The normalized spacial score (nSPS) is 9.96. The van der Waals surface area contributed by atoms with Gasteiger partial charge in [-0.1, -0.05) is 6.07 Å². The summed E-state index contributed by atoms with van der Waals surface area (Å²) in [5.41, 5.74) is 6.99. The molecule has 1 aromatic heterocycles. The van der Waals surface area contributed by atoms with Crippen molar-refractivity contribution in [3.05, 3.63) is 48.0 Å². The predicted octanol–water partition coefficient (Wildman–Crippen LogP) is 2.88. The molecule has 0 fully saturated rings. The van der Waals surface area contributed by atoms with E-state index in [1.807, 2.05) is 0 Å². The van der Waals surface area contributed by atoms with Crippen molar-refractivity contribution in [3.63, 3.8) is 0 Å². The number of nitriles is 1. The highest BCUT2D eigenvalue weighted by atomic mass is 16.5. The van der Waals surface area contributed by atoms with Crippen molar-refractivity contribution in [2.45, 2.75) is 0 Å². The van der Waals surface area contributed by atoms with Gasteiger partial charge < -0.3 is 25.3 Å². The number of anilines is 3. The van der Waals surface area contributed by atoms with Gasteiger partial charge in [0, 0.05) is 5.69 Å². The number of nitrogens with zero attached hydrogens (tertiary/aromatic N) is 4. The molecule has 3 rings (SSSR count). The molecule has 136 valence electrons. The second kappa shape index (κ2) is 7.88. The molecule has 0 radical (unpaired) electrons. The van der Waals surface area contributed by atoms with Gasteiger partial charge in [0.1, 0.15) is 0 Å². The van der Waals surface area contributed by atoms with Gasteiger partial charge in [-0.25, -0.2) is 0 Å². The Kier molecular flexibility index (Phi) is 5.18. The van der Waals surface area contributed by atoms with E-state index in [2.05, 4.69) is 26.3 Å². The number of aromatic nitrogens is 3. The number of hydrogen-bond acceptors (Lipinski definition) is 9. The van der Waals surface area contributed by atoms with Crippen LogP contribution in [0, 0.1) is 11.3 Å². The van der Waals surface area contributed by atoms with Gasteiger partial charge in [0.25, 0.3) is 0 Å². The van der Waals surface area contributed by atoms with Crippen LogP contribution < -0.4 is 25.3 Å². The van der Waals surface area contributed by atoms with E-state index in [0.717, 1.165) is 0 Å². The van der Waals surface area contributed by atoms with Gasteiger partial charge in [0.2, 0.25) is 17.6 Å². The van der Waals surface area contributed by atoms with Crippen LogP contribution in [0.5, 0.6) is 23.3 Å². The van der Waals surface area contributed by atoms with E-state index < -0.39 is 0 Å². The summed E-state index contributed by atoms with van der Waals surface area (Å²) in [6.45, 7) is 0. The van der Waals surface area contributed by atoms with Gasteiger partial charge in [-0.3, -0.25) is 0 Å². The zero-order valence-electron chi connectivity index (χ0n) is 14.6. The minimum absolute atomic E-state index is 0.0231. The van der Waals surface area contributed by atoms with E-state index in [1.165, 1.54) is 14.2 Å². The van der Waals surface area contributed by atoms with E-state index in [9.17, 15) is 0 Å². The molecule has 3 N–H and O–H groups in total. The summed E-state index contributed by atoms with van der Waals surface area (Å²) >= 11 is 0. The number of nitrogens with one attached hydrogen (secondary N) is 1. The monoisotopic (exact) mass is 364 g/mol. The molecule has 2 aromatic carbocycles. The lowest BCUT2D eigenvalue weighted by atomic mass is 10.2. The molecule has 0 atom stereocenters. The van der Waals surface area contributed by atoms with Gasteiger partial charge in [0.05, 0.1) is 25.9 Å². The number of rotatable bonds is 6. The number of benzene rings is 2. The first kappa shape index (κ1) is 17.8. The predicted molar refractivity (Wildman–Crippen MR) is 98.3 cm³/mol. The summed E-state index contributed by atoms with van der Waals surface area (Å²) in [6, 6.07) is 14.0. The summed E-state index contributed by atoms with van der Waals surface area (Å²) in [5.74, 6) is 1.39. The Bertz CT molecular complexity index is 963. The number of para-hydroxylation sites is 1. The standard InChI is InChI=1S/C18H16N6O3/c1-25-13-4-3-5-14(26-2)15(13)27-18-23-16(20)22-17(24-18)21-12-8-6-11(10-19)7-9-12/h3-9H,1-2H3,(H3,20,21,22,23,24). The summed E-state index contributed by atoms with van der Waals surface area (Å²) in [6.07, 6.45) is 0. The molecule has 9 heteroatoms. The van der Waals surface area contributed by atoms with Crippen LogP contribution in [0.15, 0.2) is 42.5 Å². The molecule has 0 aliphatic rings. The minimum Gasteiger partial charge on any atom is -0.493 e. The van der Waals surface area contributed by atoms with Crippen LogP contribution in [0.4, 0.5) is 17.6 Å². The molecule has 0 amide bonds. The quantitative estimate of drug-likeness (QED) is 0.678. The molecule has 0 aliphatic heterocycles. The highest BCUT2D eigenvalue weighted by molar-refractivity contribution is 5.56. The third-order valence-corrected chi connectivity index (χ3v) is 3.48. The Balaban J connectivity index is 1.89. The van der Waals surface area contributed by atoms with Crippen LogP contribution in [0.2, 0.25) is 0 Å². The Labute approximate surface area is 155 Å².